The molecule has 0 saturated heterocycles. The van der Waals surface area contributed by atoms with Gasteiger partial charge in [0.25, 0.3) is 5.91 Å². The molecule has 120 valence electrons. The van der Waals surface area contributed by atoms with E-state index in [2.05, 4.69) is 15.8 Å². The Hall–Kier alpha value is -3.28. The number of nitrogens with one attached hydrogen (secondary N) is 2. The first-order valence-electron chi connectivity index (χ1n) is 7.64. The van der Waals surface area contributed by atoms with Crippen LogP contribution in [0.5, 0.6) is 5.75 Å². The van der Waals surface area contributed by atoms with Gasteiger partial charge in [0.2, 0.25) is 5.76 Å². The average Bonchev–Trinajstić information content (AvgIpc) is 2.89. The van der Waals surface area contributed by atoms with E-state index in [4.69, 9.17) is 4.42 Å². The predicted octanol–water partition coefficient (Wildman–Crippen LogP) is 3.09. The molecule has 6 heteroatoms. The summed E-state index contributed by atoms with van der Waals surface area (Å²) < 4.78 is 5.69. The van der Waals surface area contributed by atoms with Crippen molar-refractivity contribution in [2.75, 3.05) is 12.0 Å². The van der Waals surface area contributed by atoms with Gasteiger partial charge >= 0.3 is 0 Å². The van der Waals surface area contributed by atoms with E-state index in [9.17, 15) is 9.90 Å². The molecule has 0 unspecified atom stereocenters. The molecule has 0 bridgehead atoms. The summed E-state index contributed by atoms with van der Waals surface area (Å²) in [4.78, 5) is 12.2. The van der Waals surface area contributed by atoms with E-state index in [1.807, 2.05) is 30.3 Å². The van der Waals surface area contributed by atoms with Crippen LogP contribution in [0.15, 0.2) is 58.0 Å². The molecule has 6 nitrogen and oxygen atoms in total. The molecule has 0 saturated carbocycles. The highest BCUT2D eigenvalue weighted by Crippen LogP contribution is 2.31. The van der Waals surface area contributed by atoms with Crippen molar-refractivity contribution in [1.29, 1.82) is 0 Å². The fourth-order valence-corrected chi connectivity index (χ4v) is 2.79. The van der Waals surface area contributed by atoms with Crippen LogP contribution in [-0.2, 0) is 0 Å². The maximum absolute atomic E-state index is 12.2. The van der Waals surface area contributed by atoms with Gasteiger partial charge < -0.3 is 14.8 Å². The number of phenolic OH excluding ortho intramolecular Hbond substituents is 1. The highest BCUT2D eigenvalue weighted by molar-refractivity contribution is 6.18. The second kappa shape index (κ2) is 5.73. The Morgan fingerprint density at radius 3 is 2.83 bits per heavy atom. The van der Waals surface area contributed by atoms with Crippen molar-refractivity contribution in [2.24, 2.45) is 5.10 Å². The van der Waals surface area contributed by atoms with Crippen molar-refractivity contribution in [3.05, 3.63) is 59.9 Å². The lowest BCUT2D eigenvalue weighted by molar-refractivity contribution is 0.0931. The molecule has 0 spiro atoms. The summed E-state index contributed by atoms with van der Waals surface area (Å²) in [5.74, 6) is 0.0680. The minimum absolute atomic E-state index is 0.117. The molecule has 1 aliphatic heterocycles. The average molecular weight is 321 g/mol. The molecule has 24 heavy (non-hydrogen) atoms. The number of furan rings is 1. The fraction of sp³-hybridized carbons (Fsp3) is 0.111. The lowest BCUT2D eigenvalue weighted by Crippen LogP contribution is -2.22. The number of phenols is 1. The second-order valence-corrected chi connectivity index (χ2v) is 5.53. The van der Waals surface area contributed by atoms with Gasteiger partial charge in [-0.15, -0.1) is 0 Å². The molecule has 2 aromatic carbocycles. The van der Waals surface area contributed by atoms with Crippen LogP contribution >= 0.6 is 0 Å². The minimum atomic E-state index is -0.273. The summed E-state index contributed by atoms with van der Waals surface area (Å²) in [6.45, 7) is 0.471. The van der Waals surface area contributed by atoms with Gasteiger partial charge in [0.15, 0.2) is 0 Å². The van der Waals surface area contributed by atoms with Crippen LogP contribution in [0.4, 0.5) is 5.69 Å². The predicted molar refractivity (Wildman–Crippen MR) is 91.4 cm³/mol. The minimum Gasteiger partial charge on any atom is -0.508 e. The quantitative estimate of drug-likeness (QED) is 0.633. The Morgan fingerprint density at radius 2 is 2.00 bits per heavy atom. The first-order valence-corrected chi connectivity index (χ1v) is 7.64. The Morgan fingerprint density at radius 1 is 1.17 bits per heavy atom. The van der Waals surface area contributed by atoms with Crippen molar-refractivity contribution in [3.63, 3.8) is 0 Å². The summed E-state index contributed by atoms with van der Waals surface area (Å²) >= 11 is 0. The van der Waals surface area contributed by atoms with Gasteiger partial charge in [-0.05, 0) is 30.3 Å². The van der Waals surface area contributed by atoms with E-state index < -0.39 is 0 Å². The Labute approximate surface area is 137 Å². The number of fused-ring (bicyclic) bond motifs is 3. The number of aromatic hydroxyl groups is 1. The van der Waals surface area contributed by atoms with Crippen LogP contribution in [0.25, 0.3) is 11.0 Å². The zero-order valence-corrected chi connectivity index (χ0v) is 12.7. The standard InChI is InChI=1S/C18H15N3O3/c22-12-6-7-15-13(10-12)16-14(8-9-19-18(23)17(16)24-15)21-20-11-4-2-1-3-5-11/h1-7,10,20,22H,8-9H2,(H,19,23). The lowest BCUT2D eigenvalue weighted by atomic mass is 10.0. The molecule has 0 fully saturated rings. The zero-order valence-electron chi connectivity index (χ0n) is 12.7. The van der Waals surface area contributed by atoms with Gasteiger partial charge in [0.05, 0.1) is 17.0 Å². The first kappa shape index (κ1) is 14.3. The van der Waals surface area contributed by atoms with Crippen LogP contribution in [-0.4, -0.2) is 23.3 Å². The number of carbonyl (C=O) groups excluding carboxylic acids is 1. The molecule has 3 N–H and O–H groups in total. The number of hydrazone groups is 1. The third-order valence-corrected chi connectivity index (χ3v) is 3.91. The number of nitrogens with zero attached hydrogens (tertiary/aromatic N) is 1. The maximum atomic E-state index is 12.2. The van der Waals surface area contributed by atoms with Crippen molar-refractivity contribution < 1.29 is 14.3 Å². The van der Waals surface area contributed by atoms with Gasteiger partial charge in [-0.2, -0.15) is 5.10 Å². The SMILES string of the molecule is O=C1NCCC(=NNc2ccccc2)c2c1oc1ccc(O)cc21. The molecular weight excluding hydrogens is 306 g/mol. The summed E-state index contributed by atoms with van der Waals surface area (Å²) in [7, 11) is 0. The number of benzene rings is 2. The van der Waals surface area contributed by atoms with E-state index in [-0.39, 0.29) is 17.4 Å². The van der Waals surface area contributed by atoms with E-state index in [0.717, 1.165) is 5.69 Å². The van der Waals surface area contributed by atoms with Crippen molar-refractivity contribution in [3.8, 4) is 5.75 Å². The van der Waals surface area contributed by atoms with Gasteiger partial charge in [-0.1, -0.05) is 18.2 Å². The van der Waals surface area contributed by atoms with E-state index >= 15 is 0 Å². The van der Waals surface area contributed by atoms with Gasteiger partial charge in [0, 0.05) is 18.4 Å². The number of anilines is 1. The molecule has 2 heterocycles. The van der Waals surface area contributed by atoms with E-state index in [1.54, 1.807) is 12.1 Å². The zero-order chi connectivity index (χ0) is 16.5. The molecular formula is C18H15N3O3. The molecule has 1 amide bonds. The third-order valence-electron chi connectivity index (χ3n) is 3.91. The van der Waals surface area contributed by atoms with Crippen LogP contribution in [0.3, 0.4) is 0 Å². The van der Waals surface area contributed by atoms with Gasteiger partial charge in [0.1, 0.15) is 11.3 Å². The number of rotatable bonds is 2. The van der Waals surface area contributed by atoms with Crippen molar-refractivity contribution >= 4 is 28.3 Å². The molecule has 3 aromatic rings. The Bertz CT molecular complexity index is 945. The highest BCUT2D eigenvalue weighted by Gasteiger charge is 2.27. The fourth-order valence-electron chi connectivity index (χ4n) is 2.79. The highest BCUT2D eigenvalue weighted by atomic mass is 16.3. The molecule has 1 aromatic heterocycles. The molecule has 0 atom stereocenters. The number of carbonyl (C=O) groups is 1. The Kier molecular flexibility index (Phi) is 3.42. The summed E-state index contributed by atoms with van der Waals surface area (Å²) in [5.41, 5.74) is 5.74. The number of hydrogen-bond acceptors (Lipinski definition) is 5. The van der Waals surface area contributed by atoms with Crippen molar-refractivity contribution in [2.45, 2.75) is 6.42 Å². The van der Waals surface area contributed by atoms with Crippen LogP contribution in [0.2, 0.25) is 0 Å². The van der Waals surface area contributed by atoms with Crippen molar-refractivity contribution in [1.82, 2.24) is 5.32 Å². The third kappa shape index (κ3) is 2.48. The normalized spacial score (nSPS) is 15.8. The van der Waals surface area contributed by atoms with Crippen LogP contribution < -0.4 is 10.7 Å². The molecule has 1 aliphatic rings. The van der Waals surface area contributed by atoms with E-state index in [0.29, 0.717) is 35.2 Å². The smallest absolute Gasteiger partial charge is 0.287 e. The van der Waals surface area contributed by atoms with E-state index in [1.165, 1.54) is 6.07 Å². The number of hydrogen-bond donors (Lipinski definition) is 3. The number of para-hydroxylation sites is 1. The monoisotopic (exact) mass is 321 g/mol. The number of amides is 1. The van der Waals surface area contributed by atoms with Crippen LogP contribution in [0.1, 0.15) is 22.5 Å². The Balaban J connectivity index is 1.84. The first-order chi connectivity index (χ1) is 11.7. The summed E-state index contributed by atoms with van der Waals surface area (Å²) in [5, 5.41) is 17.7. The lowest BCUT2D eigenvalue weighted by Gasteiger charge is -2.05. The van der Waals surface area contributed by atoms with Gasteiger partial charge in [-0.25, -0.2) is 0 Å². The maximum Gasteiger partial charge on any atom is 0.287 e. The topological polar surface area (TPSA) is 86.9 Å². The molecule has 0 radical (unpaired) electrons. The second-order valence-electron chi connectivity index (χ2n) is 5.53. The largest absolute Gasteiger partial charge is 0.508 e. The van der Waals surface area contributed by atoms with Crippen LogP contribution in [0, 0.1) is 0 Å². The molecule has 0 aliphatic carbocycles. The molecule has 4 rings (SSSR count). The summed E-state index contributed by atoms with van der Waals surface area (Å²) in [6.07, 6.45) is 0.558. The summed E-state index contributed by atoms with van der Waals surface area (Å²) in [6, 6.07) is 14.3. The van der Waals surface area contributed by atoms with Gasteiger partial charge in [-0.3, -0.25) is 10.2 Å².